The molecule has 0 amide bonds. The number of ether oxygens (including phenoxy) is 2. The maximum Gasteiger partial charge on any atom is 0.338 e. The van der Waals surface area contributed by atoms with Gasteiger partial charge in [0, 0.05) is 0 Å². The van der Waals surface area contributed by atoms with Crippen molar-refractivity contribution in [1.82, 2.24) is 0 Å². The average molecular weight is 493 g/mol. The van der Waals surface area contributed by atoms with Gasteiger partial charge in [0.15, 0.2) is 0 Å². The largest absolute Gasteiger partial charge is 0.462 e. The highest BCUT2D eigenvalue weighted by Crippen LogP contribution is 2.11. The van der Waals surface area contributed by atoms with E-state index < -0.39 is 0 Å². The zero-order valence-electron chi connectivity index (χ0n) is 21.9. The van der Waals surface area contributed by atoms with E-state index in [4.69, 9.17) is 9.47 Å². The first-order chi connectivity index (χ1) is 17.8. The number of carbonyl (C=O) groups excluding carboxylic acids is 2. The molecule has 196 valence electrons. The molecule has 0 spiro atoms. The zero-order valence-corrected chi connectivity index (χ0v) is 21.9. The van der Waals surface area contributed by atoms with Crippen LogP contribution in [-0.4, -0.2) is 25.2 Å². The van der Waals surface area contributed by atoms with Crippen molar-refractivity contribution in [2.24, 2.45) is 0 Å². The predicted molar refractivity (Wildman–Crippen MR) is 147 cm³/mol. The summed E-state index contributed by atoms with van der Waals surface area (Å²) in [5, 5.41) is 0. The number of rotatable bonds is 20. The number of hydrogen-bond donors (Lipinski definition) is 0. The van der Waals surface area contributed by atoms with E-state index in [1.807, 2.05) is 36.4 Å². The first-order valence-corrected chi connectivity index (χ1v) is 13.9. The first-order valence-electron chi connectivity index (χ1n) is 13.9. The molecule has 0 radical (unpaired) electrons. The van der Waals surface area contributed by atoms with Crippen LogP contribution in [0.25, 0.3) is 0 Å². The first kappa shape index (κ1) is 29.4. The Bertz CT molecular complexity index is 773. The minimum Gasteiger partial charge on any atom is -0.462 e. The third kappa shape index (κ3) is 14.5. The summed E-state index contributed by atoms with van der Waals surface area (Å²) in [5.41, 5.74) is 1.25. The Balaban J connectivity index is 1.27. The van der Waals surface area contributed by atoms with Gasteiger partial charge in [0.05, 0.1) is 24.3 Å². The molecule has 0 saturated heterocycles. The summed E-state index contributed by atoms with van der Waals surface area (Å²) in [5.74, 6) is -0.442. The van der Waals surface area contributed by atoms with Gasteiger partial charge in [-0.15, -0.1) is 0 Å². The standard InChI is InChI=1S/C32H44O4/c33-31(29-23-17-15-18-24-29)35-27-21-13-11-9-7-5-3-1-2-4-6-8-10-12-14-22-28-36-32(34)30-25-19-16-20-26-30/h1-2,15-20,23-26H,3-14,21-22,27-28H2/b2-1+. The molecule has 0 atom stereocenters. The lowest BCUT2D eigenvalue weighted by atomic mass is 10.1. The molecule has 0 N–H and O–H groups in total. The number of carbonyl (C=O) groups is 2. The van der Waals surface area contributed by atoms with Crippen molar-refractivity contribution >= 4 is 11.9 Å². The lowest BCUT2D eigenvalue weighted by molar-refractivity contribution is 0.0488. The van der Waals surface area contributed by atoms with Gasteiger partial charge in [0.25, 0.3) is 0 Å². The van der Waals surface area contributed by atoms with E-state index in [1.165, 1.54) is 64.2 Å². The highest BCUT2D eigenvalue weighted by Gasteiger charge is 2.05. The average Bonchev–Trinajstić information content (AvgIpc) is 2.92. The minimum atomic E-state index is -0.221. The molecule has 0 bridgehead atoms. The molecule has 0 unspecified atom stereocenters. The SMILES string of the molecule is O=C(OCCCCCCCC/C=C/CCCCCCCCOC(=O)c1ccccc1)c1ccccc1. The van der Waals surface area contributed by atoms with E-state index in [0.29, 0.717) is 24.3 Å². The van der Waals surface area contributed by atoms with Gasteiger partial charge in [0.1, 0.15) is 0 Å². The normalized spacial score (nSPS) is 11.0. The van der Waals surface area contributed by atoms with Crippen molar-refractivity contribution in [3.63, 3.8) is 0 Å². The second-order valence-corrected chi connectivity index (χ2v) is 9.30. The number of unbranched alkanes of at least 4 members (excludes halogenated alkanes) is 12. The van der Waals surface area contributed by atoms with Gasteiger partial charge in [-0.25, -0.2) is 9.59 Å². The molecule has 2 rings (SSSR count). The fourth-order valence-corrected chi connectivity index (χ4v) is 4.02. The molecule has 0 aliphatic carbocycles. The molecule has 36 heavy (non-hydrogen) atoms. The van der Waals surface area contributed by atoms with Crippen LogP contribution in [0.3, 0.4) is 0 Å². The van der Waals surface area contributed by atoms with Crippen molar-refractivity contribution in [3.8, 4) is 0 Å². The van der Waals surface area contributed by atoms with Gasteiger partial charge in [-0.3, -0.25) is 0 Å². The summed E-state index contributed by atoms with van der Waals surface area (Å²) < 4.78 is 10.6. The molecule has 0 aliphatic heterocycles. The smallest absolute Gasteiger partial charge is 0.338 e. The number of benzene rings is 2. The maximum absolute atomic E-state index is 11.8. The Morgan fingerprint density at radius 1 is 0.472 bits per heavy atom. The molecular weight excluding hydrogens is 448 g/mol. The summed E-state index contributed by atoms with van der Waals surface area (Å²) in [6.07, 6.45) is 21.2. The Morgan fingerprint density at radius 2 is 0.806 bits per heavy atom. The quantitative estimate of drug-likeness (QED) is 0.105. The lowest BCUT2D eigenvalue weighted by Gasteiger charge is -2.05. The fourth-order valence-electron chi connectivity index (χ4n) is 4.02. The van der Waals surface area contributed by atoms with Crippen LogP contribution >= 0.6 is 0 Å². The molecular formula is C32H44O4. The highest BCUT2D eigenvalue weighted by atomic mass is 16.5. The molecule has 2 aromatic rings. The summed E-state index contributed by atoms with van der Waals surface area (Å²) in [6, 6.07) is 18.4. The van der Waals surface area contributed by atoms with Crippen LogP contribution in [0.1, 0.15) is 111 Å². The molecule has 0 aromatic heterocycles. The molecule has 0 saturated carbocycles. The van der Waals surface area contributed by atoms with Crippen molar-refractivity contribution < 1.29 is 19.1 Å². The zero-order chi connectivity index (χ0) is 25.5. The van der Waals surface area contributed by atoms with Crippen LogP contribution < -0.4 is 0 Å². The van der Waals surface area contributed by atoms with Crippen molar-refractivity contribution in [1.29, 1.82) is 0 Å². The van der Waals surface area contributed by atoms with Gasteiger partial charge in [-0.05, 0) is 62.8 Å². The summed E-state index contributed by atoms with van der Waals surface area (Å²) in [6.45, 7) is 1.03. The van der Waals surface area contributed by atoms with Crippen molar-refractivity contribution in [2.75, 3.05) is 13.2 Å². The Labute approximate surface area is 218 Å². The predicted octanol–water partition coefficient (Wildman–Crippen LogP) is 8.72. The highest BCUT2D eigenvalue weighted by molar-refractivity contribution is 5.89. The van der Waals surface area contributed by atoms with Gasteiger partial charge >= 0.3 is 11.9 Å². The fraction of sp³-hybridized carbons (Fsp3) is 0.500. The second-order valence-electron chi connectivity index (χ2n) is 9.30. The van der Waals surface area contributed by atoms with Crippen molar-refractivity contribution in [3.05, 3.63) is 83.9 Å². The van der Waals surface area contributed by atoms with Crippen LogP contribution in [0.15, 0.2) is 72.8 Å². The van der Waals surface area contributed by atoms with Gasteiger partial charge in [-0.2, -0.15) is 0 Å². The summed E-state index contributed by atoms with van der Waals surface area (Å²) in [4.78, 5) is 23.7. The van der Waals surface area contributed by atoms with E-state index in [2.05, 4.69) is 12.2 Å². The van der Waals surface area contributed by atoms with Crippen molar-refractivity contribution in [2.45, 2.75) is 89.9 Å². The topological polar surface area (TPSA) is 52.6 Å². The number of allylic oxidation sites excluding steroid dienone is 2. The Hall–Kier alpha value is -2.88. The van der Waals surface area contributed by atoms with E-state index in [0.717, 1.165) is 25.7 Å². The number of hydrogen-bond acceptors (Lipinski definition) is 4. The summed E-state index contributed by atoms with van der Waals surface area (Å²) in [7, 11) is 0. The van der Waals surface area contributed by atoms with Gasteiger partial charge < -0.3 is 9.47 Å². The molecule has 0 fully saturated rings. The van der Waals surface area contributed by atoms with E-state index in [-0.39, 0.29) is 11.9 Å². The van der Waals surface area contributed by atoms with Crippen LogP contribution in [0, 0.1) is 0 Å². The van der Waals surface area contributed by atoms with Gasteiger partial charge in [0.2, 0.25) is 0 Å². The van der Waals surface area contributed by atoms with Crippen LogP contribution in [0.2, 0.25) is 0 Å². The molecule has 2 aromatic carbocycles. The third-order valence-corrected chi connectivity index (χ3v) is 6.18. The maximum atomic E-state index is 11.8. The summed E-state index contributed by atoms with van der Waals surface area (Å²) >= 11 is 0. The molecule has 0 heterocycles. The molecule has 0 aliphatic rings. The Morgan fingerprint density at radius 3 is 1.19 bits per heavy atom. The lowest BCUT2D eigenvalue weighted by Crippen LogP contribution is -2.06. The van der Waals surface area contributed by atoms with Crippen LogP contribution in [-0.2, 0) is 9.47 Å². The van der Waals surface area contributed by atoms with Gasteiger partial charge in [-0.1, -0.05) is 99.9 Å². The second kappa shape index (κ2) is 20.3. The molecule has 4 nitrogen and oxygen atoms in total. The van der Waals surface area contributed by atoms with Crippen LogP contribution in [0.5, 0.6) is 0 Å². The monoisotopic (exact) mass is 492 g/mol. The number of esters is 2. The third-order valence-electron chi connectivity index (χ3n) is 6.18. The molecule has 4 heteroatoms. The van der Waals surface area contributed by atoms with E-state index in [1.54, 1.807) is 24.3 Å². The van der Waals surface area contributed by atoms with E-state index >= 15 is 0 Å². The Kier molecular flexibility index (Phi) is 16.6. The van der Waals surface area contributed by atoms with Crippen LogP contribution in [0.4, 0.5) is 0 Å². The minimum absolute atomic E-state index is 0.221. The van der Waals surface area contributed by atoms with E-state index in [9.17, 15) is 9.59 Å².